The molecule has 0 saturated carbocycles. The molecule has 0 amide bonds. The van der Waals surface area contributed by atoms with Gasteiger partial charge in [0, 0.05) is 23.0 Å². The van der Waals surface area contributed by atoms with E-state index in [0.717, 1.165) is 5.56 Å². The van der Waals surface area contributed by atoms with Crippen LogP contribution in [0.1, 0.15) is 5.56 Å². The van der Waals surface area contributed by atoms with Gasteiger partial charge in [0.05, 0.1) is 0 Å². The lowest BCUT2D eigenvalue weighted by atomic mass is 10.3. The largest absolute Gasteiger partial charge is 0.398 e. The molecule has 0 saturated heterocycles. The van der Waals surface area contributed by atoms with Crippen LogP contribution in [0.15, 0.2) is 40.6 Å². The highest BCUT2D eigenvalue weighted by molar-refractivity contribution is 7.99. The van der Waals surface area contributed by atoms with E-state index in [1.807, 2.05) is 6.92 Å². The Morgan fingerprint density at radius 1 is 1.25 bits per heavy atom. The van der Waals surface area contributed by atoms with Crippen LogP contribution in [0, 0.1) is 12.7 Å². The maximum absolute atomic E-state index is 13.0. The van der Waals surface area contributed by atoms with Crippen molar-refractivity contribution < 1.29 is 4.39 Å². The molecule has 1 aromatic carbocycles. The fourth-order valence-corrected chi connectivity index (χ4v) is 1.89. The SMILES string of the molecule is Cc1cnc(Sc2cc(F)ccc2N)nc1. The molecule has 3 nitrogen and oxygen atoms in total. The Labute approximate surface area is 96.9 Å². The number of aromatic nitrogens is 2. The first-order chi connectivity index (χ1) is 7.65. The number of hydrogen-bond donors (Lipinski definition) is 1. The van der Waals surface area contributed by atoms with E-state index >= 15 is 0 Å². The van der Waals surface area contributed by atoms with E-state index in [0.29, 0.717) is 15.7 Å². The first kappa shape index (κ1) is 10.9. The Kier molecular flexibility index (Phi) is 3.05. The predicted molar refractivity (Wildman–Crippen MR) is 61.7 cm³/mol. The molecular formula is C11H10FN3S. The van der Waals surface area contributed by atoms with Crippen LogP contribution in [0.25, 0.3) is 0 Å². The lowest BCUT2D eigenvalue weighted by molar-refractivity contribution is 0.624. The summed E-state index contributed by atoms with van der Waals surface area (Å²) in [6.07, 6.45) is 3.43. The van der Waals surface area contributed by atoms with Crippen LogP contribution in [0.2, 0.25) is 0 Å². The fourth-order valence-electron chi connectivity index (χ4n) is 1.13. The quantitative estimate of drug-likeness (QED) is 0.642. The predicted octanol–water partition coefficient (Wildman–Crippen LogP) is 2.66. The minimum Gasteiger partial charge on any atom is -0.398 e. The topological polar surface area (TPSA) is 51.8 Å². The fraction of sp³-hybridized carbons (Fsp3) is 0.0909. The number of anilines is 1. The summed E-state index contributed by atoms with van der Waals surface area (Å²) in [6, 6.07) is 4.24. The van der Waals surface area contributed by atoms with Gasteiger partial charge >= 0.3 is 0 Å². The van der Waals surface area contributed by atoms with Crippen molar-refractivity contribution in [3.8, 4) is 0 Å². The van der Waals surface area contributed by atoms with Crippen LogP contribution < -0.4 is 5.73 Å². The zero-order valence-corrected chi connectivity index (χ0v) is 9.46. The average Bonchev–Trinajstić information content (AvgIpc) is 2.27. The van der Waals surface area contributed by atoms with Gasteiger partial charge in [0.2, 0.25) is 0 Å². The second kappa shape index (κ2) is 4.49. The van der Waals surface area contributed by atoms with Crippen LogP contribution in [0.3, 0.4) is 0 Å². The Bertz CT molecular complexity index is 499. The van der Waals surface area contributed by atoms with E-state index in [1.165, 1.54) is 30.0 Å². The highest BCUT2D eigenvalue weighted by Crippen LogP contribution is 2.29. The molecule has 1 heterocycles. The van der Waals surface area contributed by atoms with Crippen molar-refractivity contribution >= 4 is 17.4 Å². The van der Waals surface area contributed by atoms with Crippen LogP contribution in [-0.4, -0.2) is 9.97 Å². The van der Waals surface area contributed by atoms with Gasteiger partial charge in [0.1, 0.15) is 5.82 Å². The molecule has 0 fully saturated rings. The molecule has 82 valence electrons. The molecule has 0 unspecified atom stereocenters. The van der Waals surface area contributed by atoms with E-state index in [4.69, 9.17) is 5.73 Å². The number of aryl methyl sites for hydroxylation is 1. The Morgan fingerprint density at radius 2 is 1.94 bits per heavy atom. The summed E-state index contributed by atoms with van der Waals surface area (Å²) in [5, 5.41) is 0.558. The molecule has 2 rings (SSSR count). The minimum absolute atomic E-state index is 0.316. The van der Waals surface area contributed by atoms with Gasteiger partial charge in [-0.05, 0) is 42.4 Å². The zero-order chi connectivity index (χ0) is 11.5. The third kappa shape index (κ3) is 2.49. The lowest BCUT2D eigenvalue weighted by Gasteiger charge is -2.03. The summed E-state index contributed by atoms with van der Waals surface area (Å²) < 4.78 is 13.0. The van der Waals surface area contributed by atoms with Crippen molar-refractivity contribution in [3.63, 3.8) is 0 Å². The van der Waals surface area contributed by atoms with Crippen molar-refractivity contribution in [2.24, 2.45) is 0 Å². The standard InChI is InChI=1S/C11H10FN3S/c1-7-5-14-11(15-6-7)16-10-4-8(12)2-3-9(10)13/h2-6H,13H2,1H3. The molecule has 1 aromatic heterocycles. The number of benzene rings is 1. The molecule has 2 aromatic rings. The Balaban J connectivity index is 2.26. The maximum Gasteiger partial charge on any atom is 0.192 e. The van der Waals surface area contributed by atoms with Gasteiger partial charge < -0.3 is 5.73 Å². The summed E-state index contributed by atoms with van der Waals surface area (Å²) in [7, 11) is 0. The number of nitrogen functional groups attached to an aromatic ring is 1. The second-order valence-corrected chi connectivity index (χ2v) is 4.34. The highest BCUT2D eigenvalue weighted by Gasteiger charge is 2.05. The molecule has 0 radical (unpaired) electrons. The molecule has 0 atom stereocenters. The Hall–Kier alpha value is -1.62. The van der Waals surface area contributed by atoms with Gasteiger partial charge in [0.15, 0.2) is 5.16 Å². The molecule has 5 heteroatoms. The summed E-state index contributed by atoms with van der Waals surface area (Å²) in [6.45, 7) is 1.91. The molecule has 0 aliphatic rings. The number of rotatable bonds is 2. The molecular weight excluding hydrogens is 225 g/mol. The van der Waals surface area contributed by atoms with E-state index in [9.17, 15) is 4.39 Å². The highest BCUT2D eigenvalue weighted by atomic mass is 32.2. The van der Waals surface area contributed by atoms with E-state index in [2.05, 4.69) is 9.97 Å². The number of nitrogens with zero attached hydrogens (tertiary/aromatic N) is 2. The normalized spacial score (nSPS) is 10.4. The lowest BCUT2D eigenvalue weighted by Crippen LogP contribution is -1.91. The summed E-state index contributed by atoms with van der Waals surface area (Å²) in [5.41, 5.74) is 7.23. The number of nitrogens with two attached hydrogens (primary N) is 1. The molecule has 0 spiro atoms. The molecule has 0 aliphatic heterocycles. The van der Waals surface area contributed by atoms with Gasteiger partial charge in [-0.25, -0.2) is 14.4 Å². The van der Waals surface area contributed by atoms with Gasteiger partial charge in [0.25, 0.3) is 0 Å². The molecule has 0 aliphatic carbocycles. The van der Waals surface area contributed by atoms with Crippen LogP contribution in [0.5, 0.6) is 0 Å². The average molecular weight is 235 g/mol. The Morgan fingerprint density at radius 3 is 2.62 bits per heavy atom. The van der Waals surface area contributed by atoms with Crippen molar-refractivity contribution in [2.45, 2.75) is 17.0 Å². The van der Waals surface area contributed by atoms with E-state index < -0.39 is 0 Å². The van der Waals surface area contributed by atoms with Crippen LogP contribution in [0.4, 0.5) is 10.1 Å². The van der Waals surface area contributed by atoms with E-state index in [-0.39, 0.29) is 5.82 Å². The van der Waals surface area contributed by atoms with Crippen molar-refractivity contribution in [3.05, 3.63) is 42.0 Å². The van der Waals surface area contributed by atoms with Crippen LogP contribution in [-0.2, 0) is 0 Å². The van der Waals surface area contributed by atoms with Crippen LogP contribution >= 0.6 is 11.8 Å². The number of halogens is 1. The summed E-state index contributed by atoms with van der Waals surface area (Å²) in [5.74, 6) is -0.316. The zero-order valence-electron chi connectivity index (χ0n) is 8.64. The van der Waals surface area contributed by atoms with Crippen molar-refractivity contribution in [1.29, 1.82) is 0 Å². The summed E-state index contributed by atoms with van der Waals surface area (Å²) in [4.78, 5) is 8.86. The second-order valence-electron chi connectivity index (χ2n) is 3.33. The maximum atomic E-state index is 13.0. The van der Waals surface area contributed by atoms with Gasteiger partial charge in [-0.1, -0.05) is 0 Å². The third-order valence-corrected chi connectivity index (χ3v) is 2.90. The van der Waals surface area contributed by atoms with Crippen molar-refractivity contribution in [2.75, 3.05) is 5.73 Å². The molecule has 16 heavy (non-hydrogen) atoms. The number of hydrogen-bond acceptors (Lipinski definition) is 4. The van der Waals surface area contributed by atoms with Crippen molar-refractivity contribution in [1.82, 2.24) is 9.97 Å². The monoisotopic (exact) mass is 235 g/mol. The first-order valence-corrected chi connectivity index (χ1v) is 5.48. The third-order valence-electron chi connectivity index (χ3n) is 1.93. The minimum atomic E-state index is -0.316. The first-order valence-electron chi connectivity index (χ1n) is 4.66. The smallest absolute Gasteiger partial charge is 0.192 e. The van der Waals surface area contributed by atoms with Gasteiger partial charge in [-0.3, -0.25) is 0 Å². The van der Waals surface area contributed by atoms with Gasteiger partial charge in [-0.2, -0.15) is 0 Å². The van der Waals surface area contributed by atoms with Gasteiger partial charge in [-0.15, -0.1) is 0 Å². The summed E-state index contributed by atoms with van der Waals surface area (Å²) >= 11 is 1.25. The van der Waals surface area contributed by atoms with E-state index in [1.54, 1.807) is 12.4 Å². The molecule has 0 bridgehead atoms. The molecule has 2 N–H and O–H groups in total.